The lowest BCUT2D eigenvalue weighted by molar-refractivity contribution is 0.268. The lowest BCUT2D eigenvalue weighted by Crippen LogP contribution is -2.27. The van der Waals surface area contributed by atoms with Crippen LogP contribution in [-0.2, 0) is 6.54 Å². The molecular weight excluding hydrogens is 248 g/mol. The SMILES string of the molecule is CC(C)N(C)CCCCNCc1coc2ccccc12. The molecule has 3 nitrogen and oxygen atoms in total. The standard InChI is InChI=1S/C17H26N2O/c1-14(2)19(3)11-7-6-10-18-12-15-13-20-17-9-5-4-8-16(15)17/h4-5,8-9,13-14,18H,6-7,10-12H2,1-3H3. The van der Waals surface area contributed by atoms with E-state index in [4.69, 9.17) is 4.42 Å². The molecule has 1 aromatic heterocycles. The number of para-hydroxylation sites is 1. The highest BCUT2D eigenvalue weighted by molar-refractivity contribution is 5.80. The van der Waals surface area contributed by atoms with Gasteiger partial charge in [0.25, 0.3) is 0 Å². The van der Waals surface area contributed by atoms with Crippen LogP contribution in [0.15, 0.2) is 34.9 Å². The molecule has 0 bridgehead atoms. The molecule has 0 aliphatic heterocycles. The van der Waals surface area contributed by atoms with Crippen molar-refractivity contribution in [2.75, 3.05) is 20.1 Å². The Labute approximate surface area is 122 Å². The third kappa shape index (κ3) is 4.09. The minimum atomic E-state index is 0.639. The minimum Gasteiger partial charge on any atom is -0.464 e. The van der Waals surface area contributed by atoms with Crippen LogP contribution in [0.25, 0.3) is 11.0 Å². The summed E-state index contributed by atoms with van der Waals surface area (Å²) in [7, 11) is 2.19. The first-order valence-electron chi connectivity index (χ1n) is 7.54. The molecule has 1 aromatic carbocycles. The number of nitrogens with one attached hydrogen (secondary N) is 1. The second-order valence-electron chi connectivity index (χ2n) is 5.72. The van der Waals surface area contributed by atoms with Crippen molar-refractivity contribution in [2.24, 2.45) is 0 Å². The van der Waals surface area contributed by atoms with E-state index in [9.17, 15) is 0 Å². The van der Waals surface area contributed by atoms with Crippen LogP contribution in [0.5, 0.6) is 0 Å². The average molecular weight is 274 g/mol. The number of hydrogen-bond donors (Lipinski definition) is 1. The van der Waals surface area contributed by atoms with Crippen LogP contribution < -0.4 is 5.32 Å². The number of unbranched alkanes of at least 4 members (excludes halogenated alkanes) is 1. The number of fused-ring (bicyclic) bond motifs is 1. The van der Waals surface area contributed by atoms with E-state index in [2.05, 4.69) is 43.2 Å². The summed E-state index contributed by atoms with van der Waals surface area (Å²) in [6.45, 7) is 7.60. The zero-order chi connectivity index (χ0) is 14.4. The van der Waals surface area contributed by atoms with E-state index in [1.54, 1.807) is 0 Å². The van der Waals surface area contributed by atoms with Gasteiger partial charge < -0.3 is 14.6 Å². The average Bonchev–Trinajstić information content (AvgIpc) is 2.85. The molecule has 0 aliphatic rings. The summed E-state index contributed by atoms with van der Waals surface area (Å²) in [6, 6.07) is 8.84. The van der Waals surface area contributed by atoms with E-state index in [-0.39, 0.29) is 0 Å². The van der Waals surface area contributed by atoms with Crippen molar-refractivity contribution in [2.45, 2.75) is 39.3 Å². The Kier molecular flexibility index (Phi) is 5.62. The van der Waals surface area contributed by atoms with E-state index in [0.29, 0.717) is 6.04 Å². The van der Waals surface area contributed by atoms with Gasteiger partial charge in [-0.2, -0.15) is 0 Å². The second-order valence-corrected chi connectivity index (χ2v) is 5.72. The topological polar surface area (TPSA) is 28.4 Å². The Hall–Kier alpha value is -1.32. The molecule has 0 spiro atoms. The third-order valence-electron chi connectivity index (χ3n) is 3.87. The summed E-state index contributed by atoms with van der Waals surface area (Å²) in [5, 5.41) is 4.73. The quantitative estimate of drug-likeness (QED) is 0.745. The van der Waals surface area contributed by atoms with Crippen LogP contribution in [0.4, 0.5) is 0 Å². The monoisotopic (exact) mass is 274 g/mol. The van der Waals surface area contributed by atoms with Crippen molar-refractivity contribution >= 4 is 11.0 Å². The Bertz CT molecular complexity index is 518. The molecule has 0 unspecified atom stereocenters. The Morgan fingerprint density at radius 3 is 2.80 bits per heavy atom. The molecule has 20 heavy (non-hydrogen) atoms. The first-order chi connectivity index (χ1) is 9.68. The molecule has 0 aliphatic carbocycles. The fourth-order valence-electron chi connectivity index (χ4n) is 2.26. The van der Waals surface area contributed by atoms with Crippen LogP contribution in [0.3, 0.4) is 0 Å². The van der Waals surface area contributed by atoms with Gasteiger partial charge in [-0.3, -0.25) is 0 Å². The third-order valence-corrected chi connectivity index (χ3v) is 3.87. The predicted octanol–water partition coefficient (Wildman–Crippen LogP) is 3.64. The summed E-state index contributed by atoms with van der Waals surface area (Å²) in [5.74, 6) is 0. The molecule has 2 rings (SSSR count). The molecule has 0 atom stereocenters. The lowest BCUT2D eigenvalue weighted by atomic mass is 10.2. The van der Waals surface area contributed by atoms with Crippen LogP contribution in [0, 0.1) is 0 Å². The first kappa shape index (κ1) is 15.1. The van der Waals surface area contributed by atoms with Gasteiger partial charge in [0.2, 0.25) is 0 Å². The van der Waals surface area contributed by atoms with Gasteiger partial charge in [0.1, 0.15) is 5.58 Å². The summed E-state index contributed by atoms with van der Waals surface area (Å²) in [5.41, 5.74) is 2.22. The highest BCUT2D eigenvalue weighted by Crippen LogP contribution is 2.20. The Morgan fingerprint density at radius 1 is 1.20 bits per heavy atom. The highest BCUT2D eigenvalue weighted by Gasteiger charge is 2.04. The first-order valence-corrected chi connectivity index (χ1v) is 7.54. The van der Waals surface area contributed by atoms with Crippen molar-refractivity contribution in [1.82, 2.24) is 10.2 Å². The van der Waals surface area contributed by atoms with Crippen LogP contribution in [-0.4, -0.2) is 31.1 Å². The van der Waals surface area contributed by atoms with Crippen LogP contribution >= 0.6 is 0 Å². The van der Waals surface area contributed by atoms with Crippen LogP contribution in [0.2, 0.25) is 0 Å². The lowest BCUT2D eigenvalue weighted by Gasteiger charge is -2.20. The Balaban J connectivity index is 1.66. The number of hydrogen-bond acceptors (Lipinski definition) is 3. The van der Waals surface area contributed by atoms with Gasteiger partial charge in [0, 0.05) is 23.5 Å². The molecule has 110 valence electrons. The van der Waals surface area contributed by atoms with Gasteiger partial charge in [-0.25, -0.2) is 0 Å². The minimum absolute atomic E-state index is 0.639. The maximum atomic E-state index is 5.54. The van der Waals surface area contributed by atoms with E-state index >= 15 is 0 Å². The number of furan rings is 1. The second kappa shape index (κ2) is 7.46. The number of nitrogens with zero attached hydrogens (tertiary/aromatic N) is 1. The molecule has 3 heteroatoms. The van der Waals surface area contributed by atoms with Crippen molar-refractivity contribution in [3.63, 3.8) is 0 Å². The molecule has 0 saturated heterocycles. The van der Waals surface area contributed by atoms with Gasteiger partial charge in [-0.05, 0) is 52.9 Å². The normalized spacial score (nSPS) is 11.8. The molecule has 1 heterocycles. The van der Waals surface area contributed by atoms with Gasteiger partial charge in [-0.1, -0.05) is 18.2 Å². The summed E-state index contributed by atoms with van der Waals surface area (Å²) in [4.78, 5) is 2.39. The zero-order valence-electron chi connectivity index (χ0n) is 12.9. The van der Waals surface area contributed by atoms with Crippen LogP contribution in [0.1, 0.15) is 32.3 Å². The number of benzene rings is 1. The van der Waals surface area contributed by atoms with Gasteiger partial charge >= 0.3 is 0 Å². The molecule has 0 fully saturated rings. The van der Waals surface area contributed by atoms with Gasteiger partial charge in [0.15, 0.2) is 0 Å². The summed E-state index contributed by atoms with van der Waals surface area (Å²) < 4.78 is 5.54. The zero-order valence-corrected chi connectivity index (χ0v) is 12.9. The molecule has 0 amide bonds. The van der Waals surface area contributed by atoms with E-state index < -0.39 is 0 Å². The fraction of sp³-hybridized carbons (Fsp3) is 0.529. The number of rotatable bonds is 8. The van der Waals surface area contributed by atoms with Gasteiger partial charge in [0.05, 0.1) is 6.26 Å². The summed E-state index contributed by atoms with van der Waals surface area (Å²) >= 11 is 0. The van der Waals surface area contributed by atoms with Gasteiger partial charge in [-0.15, -0.1) is 0 Å². The predicted molar refractivity (Wildman–Crippen MR) is 84.9 cm³/mol. The maximum Gasteiger partial charge on any atom is 0.134 e. The van der Waals surface area contributed by atoms with E-state index in [0.717, 1.165) is 18.7 Å². The van der Waals surface area contributed by atoms with E-state index in [1.165, 1.54) is 30.3 Å². The molecular formula is C17H26N2O. The summed E-state index contributed by atoms with van der Waals surface area (Å²) in [6.07, 6.45) is 4.32. The van der Waals surface area contributed by atoms with Crippen molar-refractivity contribution in [3.8, 4) is 0 Å². The Morgan fingerprint density at radius 2 is 2.00 bits per heavy atom. The van der Waals surface area contributed by atoms with Crippen molar-refractivity contribution in [3.05, 3.63) is 36.1 Å². The largest absolute Gasteiger partial charge is 0.464 e. The smallest absolute Gasteiger partial charge is 0.134 e. The molecule has 2 aromatic rings. The van der Waals surface area contributed by atoms with Crippen molar-refractivity contribution in [1.29, 1.82) is 0 Å². The molecule has 0 saturated carbocycles. The highest BCUT2D eigenvalue weighted by atomic mass is 16.3. The molecule has 0 radical (unpaired) electrons. The molecule has 1 N–H and O–H groups in total. The van der Waals surface area contributed by atoms with Crippen molar-refractivity contribution < 1.29 is 4.42 Å². The van der Waals surface area contributed by atoms with E-state index in [1.807, 2.05) is 18.4 Å². The maximum absolute atomic E-state index is 5.54. The fourth-order valence-corrected chi connectivity index (χ4v) is 2.26.